The first-order chi connectivity index (χ1) is 17.0. The van der Waals surface area contributed by atoms with Crippen molar-refractivity contribution in [2.24, 2.45) is 0 Å². The molecule has 0 bridgehead atoms. The molecule has 4 rings (SSSR count). The van der Waals surface area contributed by atoms with Crippen LogP contribution < -0.4 is 9.47 Å². The number of benzene rings is 2. The number of hydrogen-bond acceptors (Lipinski definition) is 8. The number of methoxy groups -OCH3 is 2. The zero-order chi connectivity index (χ0) is 24.8. The van der Waals surface area contributed by atoms with E-state index in [0.29, 0.717) is 41.7 Å². The molecule has 0 radical (unpaired) electrons. The van der Waals surface area contributed by atoms with Crippen molar-refractivity contribution in [3.63, 3.8) is 0 Å². The van der Waals surface area contributed by atoms with Gasteiger partial charge in [-0.25, -0.2) is 0 Å². The summed E-state index contributed by atoms with van der Waals surface area (Å²) in [4.78, 5) is 30.4. The first-order valence-corrected chi connectivity index (χ1v) is 11.6. The van der Waals surface area contributed by atoms with Gasteiger partial charge < -0.3 is 18.9 Å². The van der Waals surface area contributed by atoms with Crippen molar-refractivity contribution in [3.05, 3.63) is 64.0 Å². The number of nitro groups is 1. The van der Waals surface area contributed by atoms with Gasteiger partial charge in [0.2, 0.25) is 11.7 Å². The molecule has 1 aliphatic carbocycles. The summed E-state index contributed by atoms with van der Waals surface area (Å²) in [6.07, 6.45) is 5.43. The number of aromatic nitrogens is 2. The van der Waals surface area contributed by atoms with Gasteiger partial charge in [0, 0.05) is 42.3 Å². The Kier molecular flexibility index (Phi) is 7.59. The Hall–Kier alpha value is -3.95. The Morgan fingerprint density at radius 2 is 1.89 bits per heavy atom. The molecule has 0 unspecified atom stereocenters. The second-order valence-electron chi connectivity index (χ2n) is 8.43. The Morgan fingerprint density at radius 1 is 1.11 bits per heavy atom. The molecule has 10 heteroatoms. The third kappa shape index (κ3) is 5.59. The fourth-order valence-electron chi connectivity index (χ4n) is 4.43. The Labute approximate surface area is 203 Å². The highest BCUT2D eigenvalue weighted by atomic mass is 16.6. The van der Waals surface area contributed by atoms with Gasteiger partial charge in [-0.2, -0.15) is 4.98 Å². The number of nitro benzene ring substituents is 1. The van der Waals surface area contributed by atoms with Gasteiger partial charge in [0.1, 0.15) is 0 Å². The first kappa shape index (κ1) is 24.2. The Morgan fingerprint density at radius 3 is 2.60 bits per heavy atom. The van der Waals surface area contributed by atoms with Crippen molar-refractivity contribution >= 4 is 11.6 Å². The van der Waals surface area contributed by atoms with Crippen LogP contribution in [0.4, 0.5) is 5.69 Å². The van der Waals surface area contributed by atoms with Gasteiger partial charge in [-0.1, -0.05) is 30.5 Å². The van der Waals surface area contributed by atoms with Crippen LogP contribution in [0.15, 0.2) is 47.0 Å². The van der Waals surface area contributed by atoms with Gasteiger partial charge in [0.15, 0.2) is 11.5 Å². The van der Waals surface area contributed by atoms with E-state index in [-0.39, 0.29) is 17.6 Å². The van der Waals surface area contributed by atoms with Crippen molar-refractivity contribution in [2.45, 2.75) is 44.6 Å². The highest BCUT2D eigenvalue weighted by Gasteiger charge is 2.27. The van der Waals surface area contributed by atoms with Crippen LogP contribution in [0.1, 0.15) is 48.4 Å². The molecular formula is C25H28N4O6. The molecule has 0 spiro atoms. The van der Waals surface area contributed by atoms with E-state index >= 15 is 0 Å². The van der Waals surface area contributed by atoms with E-state index in [0.717, 1.165) is 37.7 Å². The molecule has 0 saturated heterocycles. The Bertz CT molecular complexity index is 1190. The van der Waals surface area contributed by atoms with E-state index in [4.69, 9.17) is 14.0 Å². The molecule has 10 nitrogen and oxygen atoms in total. The third-order valence-corrected chi connectivity index (χ3v) is 6.26. The molecule has 1 heterocycles. The van der Waals surface area contributed by atoms with E-state index < -0.39 is 4.92 Å². The fourth-order valence-corrected chi connectivity index (χ4v) is 4.43. The second kappa shape index (κ2) is 11.0. The van der Waals surface area contributed by atoms with Crippen LogP contribution in [0.2, 0.25) is 0 Å². The highest BCUT2D eigenvalue weighted by Crippen LogP contribution is 2.31. The lowest BCUT2D eigenvalue weighted by Crippen LogP contribution is -2.42. The molecule has 1 amide bonds. The van der Waals surface area contributed by atoms with Gasteiger partial charge in [-0.3, -0.25) is 14.9 Å². The van der Waals surface area contributed by atoms with Crippen LogP contribution in [0.25, 0.3) is 11.4 Å². The molecule has 1 aliphatic rings. The predicted octanol–water partition coefficient (Wildman–Crippen LogP) is 4.68. The smallest absolute Gasteiger partial charge is 0.270 e. The summed E-state index contributed by atoms with van der Waals surface area (Å²) in [5.74, 6) is 1.75. The summed E-state index contributed by atoms with van der Waals surface area (Å²) in [5, 5.41) is 15.3. The molecule has 1 aromatic heterocycles. The average Bonchev–Trinajstić information content (AvgIpc) is 3.38. The maximum Gasteiger partial charge on any atom is 0.270 e. The minimum absolute atomic E-state index is 0.0729. The predicted molar refractivity (Wildman–Crippen MR) is 128 cm³/mol. The van der Waals surface area contributed by atoms with Crippen LogP contribution in [-0.2, 0) is 6.42 Å². The van der Waals surface area contributed by atoms with Crippen LogP contribution in [-0.4, -0.2) is 52.7 Å². The summed E-state index contributed by atoms with van der Waals surface area (Å²) < 4.78 is 16.1. The number of carbonyl (C=O) groups is 1. The summed E-state index contributed by atoms with van der Waals surface area (Å²) in [6.45, 7) is 0.375. The highest BCUT2D eigenvalue weighted by molar-refractivity contribution is 5.95. The van der Waals surface area contributed by atoms with Crippen molar-refractivity contribution in [2.75, 3.05) is 20.8 Å². The lowest BCUT2D eigenvalue weighted by atomic mass is 9.93. The molecular weight excluding hydrogens is 452 g/mol. The van der Waals surface area contributed by atoms with Crippen LogP contribution in [0.5, 0.6) is 11.5 Å². The zero-order valence-electron chi connectivity index (χ0n) is 19.8. The van der Waals surface area contributed by atoms with E-state index in [1.165, 1.54) is 18.2 Å². The molecule has 35 heavy (non-hydrogen) atoms. The van der Waals surface area contributed by atoms with Gasteiger partial charge in [-0.05, 0) is 37.1 Å². The second-order valence-corrected chi connectivity index (χ2v) is 8.43. The third-order valence-electron chi connectivity index (χ3n) is 6.26. The number of amides is 1. The summed E-state index contributed by atoms with van der Waals surface area (Å²) in [6, 6.07) is 11.3. The summed E-state index contributed by atoms with van der Waals surface area (Å²) in [5.41, 5.74) is 0.923. The zero-order valence-corrected chi connectivity index (χ0v) is 19.8. The first-order valence-electron chi connectivity index (χ1n) is 11.6. The summed E-state index contributed by atoms with van der Waals surface area (Å²) in [7, 11) is 3.12. The van der Waals surface area contributed by atoms with Crippen molar-refractivity contribution in [1.29, 1.82) is 0 Å². The molecule has 0 atom stereocenters. The molecule has 0 N–H and O–H groups in total. The number of rotatable bonds is 9. The number of ether oxygens (including phenoxy) is 2. The lowest BCUT2D eigenvalue weighted by molar-refractivity contribution is -0.384. The van der Waals surface area contributed by atoms with Gasteiger partial charge in [0.25, 0.3) is 11.6 Å². The van der Waals surface area contributed by atoms with Gasteiger partial charge >= 0.3 is 0 Å². The van der Waals surface area contributed by atoms with E-state index in [1.54, 1.807) is 37.3 Å². The van der Waals surface area contributed by atoms with E-state index in [1.807, 2.05) is 6.07 Å². The van der Waals surface area contributed by atoms with Crippen molar-refractivity contribution < 1.29 is 23.7 Å². The van der Waals surface area contributed by atoms with Crippen molar-refractivity contribution in [1.82, 2.24) is 15.0 Å². The van der Waals surface area contributed by atoms with E-state index in [9.17, 15) is 14.9 Å². The molecule has 1 saturated carbocycles. The number of carbonyl (C=O) groups excluding carboxylic acids is 1. The largest absolute Gasteiger partial charge is 0.493 e. The number of nitrogens with zero attached hydrogens (tertiary/aromatic N) is 4. The van der Waals surface area contributed by atoms with Crippen LogP contribution in [0.3, 0.4) is 0 Å². The minimum atomic E-state index is -0.490. The minimum Gasteiger partial charge on any atom is -0.493 e. The lowest BCUT2D eigenvalue weighted by Gasteiger charge is -2.34. The van der Waals surface area contributed by atoms with Crippen molar-refractivity contribution in [3.8, 4) is 22.9 Å². The molecule has 184 valence electrons. The monoisotopic (exact) mass is 480 g/mol. The quantitative estimate of drug-likeness (QED) is 0.320. The maximum absolute atomic E-state index is 13.4. The SMILES string of the molecule is COc1ccc(-c2noc(CCN(C(=O)c3cccc([N+](=O)[O-])c3)C3CCCCC3)n2)cc1OC. The number of hydrogen-bond donors (Lipinski definition) is 0. The van der Waals surface area contributed by atoms with Crippen LogP contribution >= 0.6 is 0 Å². The van der Waals surface area contributed by atoms with Gasteiger partial charge in [-0.15, -0.1) is 0 Å². The van der Waals surface area contributed by atoms with Crippen LogP contribution in [0, 0.1) is 10.1 Å². The van der Waals surface area contributed by atoms with E-state index in [2.05, 4.69) is 10.1 Å². The summed E-state index contributed by atoms with van der Waals surface area (Å²) >= 11 is 0. The molecule has 1 fully saturated rings. The molecule has 3 aromatic rings. The standard InChI is InChI=1S/C25H28N4O6/c1-33-21-12-11-17(16-22(21)34-2)24-26-23(35-27-24)13-14-28(19-8-4-3-5-9-19)25(30)18-7-6-10-20(15-18)29(31)32/h6-7,10-12,15-16,19H,3-5,8-9,13-14H2,1-2H3. The topological polar surface area (TPSA) is 121 Å². The fraction of sp³-hybridized carbons (Fsp3) is 0.400. The maximum atomic E-state index is 13.4. The average molecular weight is 481 g/mol. The normalized spacial score (nSPS) is 13.9. The molecule has 0 aliphatic heterocycles. The molecule has 2 aromatic carbocycles. The van der Waals surface area contributed by atoms with Gasteiger partial charge in [0.05, 0.1) is 19.1 Å². The Balaban J connectivity index is 1.52. The number of non-ortho nitro benzene ring substituents is 1.